The molecule has 1 aliphatic rings. The summed E-state index contributed by atoms with van der Waals surface area (Å²) in [7, 11) is -2.24. The summed E-state index contributed by atoms with van der Waals surface area (Å²) in [6.07, 6.45) is -4.26. The van der Waals surface area contributed by atoms with E-state index in [1.54, 1.807) is 12.1 Å². The maximum Gasteiger partial charge on any atom is 0.417 e. The molecule has 0 aliphatic carbocycles. The molecule has 10 heteroatoms. The summed E-state index contributed by atoms with van der Waals surface area (Å²) >= 11 is 0. The molecule has 0 bridgehead atoms. The van der Waals surface area contributed by atoms with Crippen LogP contribution in [-0.2, 0) is 16.2 Å². The van der Waals surface area contributed by atoms with Crippen molar-refractivity contribution in [2.24, 2.45) is 0 Å². The average molecular weight is 388 g/mol. The Balaban J connectivity index is 1.61. The molecule has 0 amide bonds. The van der Waals surface area contributed by atoms with Crippen LogP contribution < -0.4 is 9.47 Å². The molecule has 0 N–H and O–H groups in total. The highest BCUT2D eigenvalue weighted by atomic mass is 32.2. The average Bonchev–Trinajstić information content (AvgIpc) is 2.57. The van der Waals surface area contributed by atoms with Crippen LogP contribution in [0.5, 0.6) is 11.6 Å². The van der Waals surface area contributed by atoms with Gasteiger partial charge >= 0.3 is 6.18 Å². The van der Waals surface area contributed by atoms with Gasteiger partial charge in [-0.15, -0.1) is 0 Å². The predicted molar refractivity (Wildman–Crippen MR) is 85.4 cm³/mol. The van der Waals surface area contributed by atoms with Crippen LogP contribution in [0.1, 0.15) is 5.56 Å². The molecular weight excluding hydrogens is 373 g/mol. The number of methoxy groups -OCH3 is 1. The van der Waals surface area contributed by atoms with E-state index in [-0.39, 0.29) is 23.9 Å². The second-order valence-corrected chi connectivity index (χ2v) is 7.56. The Morgan fingerprint density at radius 3 is 2.50 bits per heavy atom. The molecule has 3 rings (SSSR count). The highest BCUT2D eigenvalue weighted by Gasteiger charge is 2.38. The number of benzene rings is 1. The summed E-state index contributed by atoms with van der Waals surface area (Å²) in [4.78, 5) is 3.71. The van der Waals surface area contributed by atoms with Gasteiger partial charge in [-0.1, -0.05) is 6.07 Å². The molecule has 1 aromatic heterocycles. The minimum absolute atomic E-state index is 0.0152. The highest BCUT2D eigenvalue weighted by molar-refractivity contribution is 7.89. The molecule has 2 aromatic rings. The van der Waals surface area contributed by atoms with Crippen LogP contribution in [0.25, 0.3) is 0 Å². The van der Waals surface area contributed by atoms with Crippen molar-refractivity contribution in [3.63, 3.8) is 0 Å². The zero-order valence-corrected chi connectivity index (χ0v) is 14.4. The van der Waals surface area contributed by atoms with Crippen molar-refractivity contribution in [3.8, 4) is 11.6 Å². The van der Waals surface area contributed by atoms with Crippen molar-refractivity contribution in [1.29, 1.82) is 0 Å². The summed E-state index contributed by atoms with van der Waals surface area (Å²) < 4.78 is 74.2. The van der Waals surface area contributed by atoms with Gasteiger partial charge < -0.3 is 9.47 Å². The van der Waals surface area contributed by atoms with Gasteiger partial charge in [0.15, 0.2) is 0 Å². The van der Waals surface area contributed by atoms with Crippen LogP contribution in [0, 0.1) is 0 Å². The number of hydrogen-bond acceptors (Lipinski definition) is 5. The van der Waals surface area contributed by atoms with Crippen molar-refractivity contribution >= 4 is 10.0 Å². The lowest BCUT2D eigenvalue weighted by Gasteiger charge is -2.37. The molecule has 0 radical (unpaired) electrons. The molecule has 1 aromatic carbocycles. The smallest absolute Gasteiger partial charge is 0.417 e. The lowest BCUT2D eigenvalue weighted by Crippen LogP contribution is -2.56. The summed E-state index contributed by atoms with van der Waals surface area (Å²) in [5, 5.41) is 0. The summed E-state index contributed by atoms with van der Waals surface area (Å²) in [5.74, 6) is 0.440. The molecule has 1 fully saturated rings. The molecule has 0 spiro atoms. The number of aromatic nitrogens is 1. The number of halogens is 3. The van der Waals surface area contributed by atoms with Gasteiger partial charge in [-0.25, -0.2) is 13.4 Å². The molecule has 1 aliphatic heterocycles. The quantitative estimate of drug-likeness (QED) is 0.788. The Bertz CT molecular complexity index is 879. The zero-order valence-electron chi connectivity index (χ0n) is 13.6. The molecule has 0 unspecified atom stereocenters. The van der Waals surface area contributed by atoms with Crippen LogP contribution in [0.4, 0.5) is 13.2 Å². The first-order valence-electron chi connectivity index (χ1n) is 7.54. The Kier molecular flexibility index (Phi) is 4.80. The molecular formula is C16H15F3N2O4S. The number of ether oxygens (including phenoxy) is 2. The third-order valence-electron chi connectivity index (χ3n) is 3.84. The maximum absolute atomic E-state index is 12.5. The molecule has 26 heavy (non-hydrogen) atoms. The third-order valence-corrected chi connectivity index (χ3v) is 5.67. The summed E-state index contributed by atoms with van der Waals surface area (Å²) in [6, 6.07) is 8.07. The van der Waals surface area contributed by atoms with E-state index in [4.69, 9.17) is 9.47 Å². The number of rotatable bonds is 5. The highest BCUT2D eigenvalue weighted by Crippen LogP contribution is 2.30. The first kappa shape index (κ1) is 18.5. The normalized spacial score (nSPS) is 16.2. The van der Waals surface area contributed by atoms with Crippen LogP contribution in [-0.4, -0.2) is 44.0 Å². The fourth-order valence-electron chi connectivity index (χ4n) is 2.37. The number of sulfonamides is 1. The first-order chi connectivity index (χ1) is 12.2. The second kappa shape index (κ2) is 6.76. The number of hydrogen-bond donors (Lipinski definition) is 0. The second-order valence-electron chi connectivity index (χ2n) is 5.62. The standard InChI is InChI=1S/C16H15F3N2O4S/c1-24-12-3-2-4-14(7-12)26(22,23)21-9-13(10-21)25-15-6-5-11(8-20-15)16(17,18)19/h2-8,13H,9-10H2,1H3. The zero-order chi connectivity index (χ0) is 18.9. The Labute approximate surface area is 148 Å². The molecule has 2 heterocycles. The lowest BCUT2D eigenvalue weighted by atomic mass is 10.2. The molecule has 140 valence electrons. The van der Waals surface area contributed by atoms with E-state index < -0.39 is 27.9 Å². The van der Waals surface area contributed by atoms with E-state index >= 15 is 0 Å². The molecule has 1 saturated heterocycles. The van der Waals surface area contributed by atoms with E-state index in [0.717, 1.165) is 12.1 Å². The Hall–Kier alpha value is -2.33. The summed E-state index contributed by atoms with van der Waals surface area (Å²) in [6.45, 7) is 0.171. The van der Waals surface area contributed by atoms with Gasteiger partial charge in [0, 0.05) is 18.3 Å². The van der Waals surface area contributed by atoms with Crippen molar-refractivity contribution in [1.82, 2.24) is 9.29 Å². The van der Waals surface area contributed by atoms with E-state index in [9.17, 15) is 21.6 Å². The van der Waals surface area contributed by atoms with E-state index in [0.29, 0.717) is 11.9 Å². The molecule has 0 saturated carbocycles. The molecule has 6 nitrogen and oxygen atoms in total. The maximum atomic E-state index is 12.5. The van der Waals surface area contributed by atoms with Gasteiger partial charge in [-0.05, 0) is 18.2 Å². The van der Waals surface area contributed by atoms with Crippen LogP contribution in [0.15, 0.2) is 47.5 Å². The van der Waals surface area contributed by atoms with Gasteiger partial charge in [0.25, 0.3) is 0 Å². The Morgan fingerprint density at radius 1 is 1.19 bits per heavy atom. The third kappa shape index (κ3) is 3.75. The van der Waals surface area contributed by atoms with Gasteiger partial charge in [-0.2, -0.15) is 17.5 Å². The predicted octanol–water partition coefficient (Wildman–Crippen LogP) is 2.56. The largest absolute Gasteiger partial charge is 0.497 e. The number of nitrogens with zero attached hydrogens (tertiary/aromatic N) is 2. The monoisotopic (exact) mass is 388 g/mol. The van der Waals surface area contributed by atoms with Crippen LogP contribution in [0.2, 0.25) is 0 Å². The van der Waals surface area contributed by atoms with Crippen molar-refractivity contribution in [2.75, 3.05) is 20.2 Å². The van der Waals surface area contributed by atoms with E-state index in [1.165, 1.54) is 23.5 Å². The summed E-state index contributed by atoms with van der Waals surface area (Å²) in [5.41, 5.74) is -0.874. The van der Waals surface area contributed by atoms with E-state index in [2.05, 4.69) is 4.98 Å². The van der Waals surface area contributed by atoms with Gasteiger partial charge in [0.1, 0.15) is 11.9 Å². The topological polar surface area (TPSA) is 68.7 Å². The van der Waals surface area contributed by atoms with Gasteiger partial charge in [0.05, 0.1) is 30.7 Å². The van der Waals surface area contributed by atoms with Crippen LogP contribution in [0.3, 0.4) is 0 Å². The fourth-order valence-corrected chi connectivity index (χ4v) is 3.91. The Morgan fingerprint density at radius 2 is 1.92 bits per heavy atom. The number of pyridine rings is 1. The van der Waals surface area contributed by atoms with Crippen molar-refractivity contribution in [2.45, 2.75) is 17.2 Å². The SMILES string of the molecule is COc1cccc(S(=O)(=O)N2CC(Oc3ccc(C(F)(F)F)cn3)C2)c1. The van der Waals surface area contributed by atoms with Gasteiger partial charge in [0.2, 0.25) is 15.9 Å². The minimum atomic E-state index is -4.47. The lowest BCUT2D eigenvalue weighted by molar-refractivity contribution is -0.137. The van der Waals surface area contributed by atoms with Crippen LogP contribution >= 0.6 is 0 Å². The number of alkyl halides is 3. The van der Waals surface area contributed by atoms with Crippen molar-refractivity contribution < 1.29 is 31.1 Å². The van der Waals surface area contributed by atoms with Crippen molar-refractivity contribution in [3.05, 3.63) is 48.2 Å². The minimum Gasteiger partial charge on any atom is -0.497 e. The first-order valence-corrected chi connectivity index (χ1v) is 8.98. The molecule has 0 atom stereocenters. The van der Waals surface area contributed by atoms with E-state index in [1.807, 2.05) is 0 Å². The van der Waals surface area contributed by atoms with Gasteiger partial charge in [-0.3, -0.25) is 0 Å². The fraction of sp³-hybridized carbons (Fsp3) is 0.312.